The molecule has 3 heteroatoms. The van der Waals surface area contributed by atoms with Gasteiger partial charge in [0.15, 0.2) is 0 Å². The van der Waals surface area contributed by atoms with Crippen molar-refractivity contribution >= 4 is 11.6 Å². The Hall–Kier alpha value is -2.29. The Morgan fingerprint density at radius 1 is 1.08 bits per heavy atom. The molecule has 0 spiro atoms. The number of hydrogen-bond donors (Lipinski definition) is 1. The molecule has 1 saturated carbocycles. The Morgan fingerprint density at radius 3 is 2.46 bits per heavy atom. The molecule has 0 saturated heterocycles. The fourth-order valence-electron chi connectivity index (χ4n) is 3.96. The van der Waals surface area contributed by atoms with Crippen LogP contribution in [0.5, 0.6) is 0 Å². The molecule has 1 N–H and O–H groups in total. The number of anilines is 1. The van der Waals surface area contributed by atoms with Crippen LogP contribution in [-0.4, -0.2) is 18.5 Å². The minimum Gasteiger partial charge on any atom is -0.356 e. The molecular weight excluding hydrogens is 320 g/mol. The maximum atomic E-state index is 13.3. The van der Waals surface area contributed by atoms with Crippen LogP contribution >= 0.6 is 0 Å². The summed E-state index contributed by atoms with van der Waals surface area (Å²) in [5.41, 5.74) is 3.35. The highest BCUT2D eigenvalue weighted by Crippen LogP contribution is 2.29. The number of benzene rings is 2. The average molecular weight is 351 g/mol. The van der Waals surface area contributed by atoms with E-state index in [0.717, 1.165) is 30.6 Å². The summed E-state index contributed by atoms with van der Waals surface area (Å²) in [4.78, 5) is 15.5. The second kappa shape index (κ2) is 8.88. The van der Waals surface area contributed by atoms with Crippen LogP contribution < -0.4 is 10.2 Å². The SMILES string of the molecule is CCN(c1cccc(C)c1)[C@@H](C(=O)NC1CCCCC1)c1ccccc1. The zero-order valence-corrected chi connectivity index (χ0v) is 15.9. The monoisotopic (exact) mass is 350 g/mol. The number of rotatable bonds is 6. The van der Waals surface area contributed by atoms with Crippen molar-refractivity contribution in [2.45, 2.75) is 58.0 Å². The molecule has 138 valence electrons. The van der Waals surface area contributed by atoms with Crippen molar-refractivity contribution in [3.8, 4) is 0 Å². The normalized spacial score (nSPS) is 16.1. The summed E-state index contributed by atoms with van der Waals surface area (Å²) in [6.45, 7) is 4.99. The topological polar surface area (TPSA) is 32.3 Å². The van der Waals surface area contributed by atoms with Gasteiger partial charge in [-0.05, 0) is 49.9 Å². The second-order valence-corrected chi connectivity index (χ2v) is 7.28. The molecule has 0 aromatic heterocycles. The molecule has 0 heterocycles. The number of nitrogens with zero attached hydrogens (tertiary/aromatic N) is 1. The van der Waals surface area contributed by atoms with E-state index in [1.165, 1.54) is 24.8 Å². The van der Waals surface area contributed by atoms with Crippen LogP contribution in [0, 0.1) is 6.92 Å². The highest BCUT2D eigenvalue weighted by Gasteiger charge is 2.29. The molecule has 0 aliphatic heterocycles. The number of carbonyl (C=O) groups excluding carboxylic acids is 1. The third-order valence-corrected chi connectivity index (χ3v) is 5.30. The smallest absolute Gasteiger partial charge is 0.247 e. The minimum absolute atomic E-state index is 0.117. The largest absolute Gasteiger partial charge is 0.356 e. The van der Waals surface area contributed by atoms with Gasteiger partial charge in [-0.1, -0.05) is 61.7 Å². The summed E-state index contributed by atoms with van der Waals surface area (Å²) in [6.07, 6.45) is 5.93. The van der Waals surface area contributed by atoms with Gasteiger partial charge in [-0.15, -0.1) is 0 Å². The lowest BCUT2D eigenvalue weighted by atomic mass is 9.94. The van der Waals surface area contributed by atoms with Crippen LogP contribution in [-0.2, 0) is 4.79 Å². The van der Waals surface area contributed by atoms with Gasteiger partial charge in [0.25, 0.3) is 0 Å². The number of hydrogen-bond acceptors (Lipinski definition) is 2. The van der Waals surface area contributed by atoms with E-state index < -0.39 is 0 Å². The third-order valence-electron chi connectivity index (χ3n) is 5.30. The maximum absolute atomic E-state index is 13.3. The summed E-state index contributed by atoms with van der Waals surface area (Å²) < 4.78 is 0. The van der Waals surface area contributed by atoms with E-state index >= 15 is 0 Å². The first kappa shape index (κ1) is 18.5. The molecule has 26 heavy (non-hydrogen) atoms. The van der Waals surface area contributed by atoms with Crippen molar-refractivity contribution < 1.29 is 4.79 Å². The standard InChI is InChI=1S/C23H30N2O/c1-3-25(21-16-10-11-18(2)17-21)22(19-12-6-4-7-13-19)23(26)24-20-14-8-5-9-15-20/h4,6-7,10-13,16-17,20,22H,3,5,8-9,14-15H2,1-2H3,(H,24,26)/t22-/m1/s1. The Morgan fingerprint density at radius 2 is 1.81 bits per heavy atom. The minimum atomic E-state index is -0.301. The number of amides is 1. The van der Waals surface area contributed by atoms with Gasteiger partial charge in [-0.3, -0.25) is 4.79 Å². The van der Waals surface area contributed by atoms with Crippen molar-refractivity contribution in [1.82, 2.24) is 5.32 Å². The molecule has 1 fully saturated rings. The molecule has 3 nitrogen and oxygen atoms in total. The van der Waals surface area contributed by atoms with Gasteiger partial charge in [0.05, 0.1) is 0 Å². The zero-order chi connectivity index (χ0) is 18.4. The lowest BCUT2D eigenvalue weighted by Gasteiger charge is -2.34. The first-order valence-electron chi connectivity index (χ1n) is 9.87. The van der Waals surface area contributed by atoms with Crippen molar-refractivity contribution in [2.24, 2.45) is 0 Å². The van der Waals surface area contributed by atoms with Crippen LogP contribution in [0.15, 0.2) is 54.6 Å². The Labute approximate surface area is 157 Å². The molecule has 1 aliphatic carbocycles. The molecule has 2 aromatic rings. The molecule has 2 aromatic carbocycles. The first-order chi connectivity index (χ1) is 12.7. The van der Waals surface area contributed by atoms with Crippen molar-refractivity contribution in [1.29, 1.82) is 0 Å². The van der Waals surface area contributed by atoms with Gasteiger partial charge in [-0.2, -0.15) is 0 Å². The Bertz CT molecular complexity index is 707. The average Bonchev–Trinajstić information content (AvgIpc) is 2.67. The van der Waals surface area contributed by atoms with Crippen LogP contribution in [0.3, 0.4) is 0 Å². The number of carbonyl (C=O) groups is 1. The lowest BCUT2D eigenvalue weighted by molar-refractivity contribution is -0.123. The highest BCUT2D eigenvalue weighted by atomic mass is 16.2. The van der Waals surface area contributed by atoms with Gasteiger partial charge < -0.3 is 10.2 Å². The van der Waals surface area contributed by atoms with Gasteiger partial charge in [0.2, 0.25) is 5.91 Å². The molecule has 0 bridgehead atoms. The van der Waals surface area contributed by atoms with E-state index in [2.05, 4.69) is 60.5 Å². The summed E-state index contributed by atoms with van der Waals surface area (Å²) >= 11 is 0. The highest BCUT2D eigenvalue weighted by molar-refractivity contribution is 5.87. The van der Waals surface area contributed by atoms with Gasteiger partial charge in [-0.25, -0.2) is 0 Å². The number of likely N-dealkylation sites (N-methyl/N-ethyl adjacent to an activating group) is 1. The van der Waals surface area contributed by atoms with Crippen molar-refractivity contribution in [3.63, 3.8) is 0 Å². The predicted molar refractivity (Wildman–Crippen MR) is 108 cm³/mol. The van der Waals surface area contributed by atoms with E-state index in [-0.39, 0.29) is 11.9 Å². The Kier molecular flexibility index (Phi) is 6.32. The molecule has 1 amide bonds. The van der Waals surface area contributed by atoms with Gasteiger partial charge in [0.1, 0.15) is 6.04 Å². The van der Waals surface area contributed by atoms with Crippen molar-refractivity contribution in [2.75, 3.05) is 11.4 Å². The summed E-state index contributed by atoms with van der Waals surface area (Å²) in [5.74, 6) is 0.117. The summed E-state index contributed by atoms with van der Waals surface area (Å²) in [5, 5.41) is 3.34. The number of aryl methyl sites for hydroxylation is 1. The van der Waals surface area contributed by atoms with Crippen LogP contribution in [0.2, 0.25) is 0 Å². The fraction of sp³-hybridized carbons (Fsp3) is 0.435. The maximum Gasteiger partial charge on any atom is 0.247 e. The molecule has 1 aliphatic rings. The zero-order valence-electron chi connectivity index (χ0n) is 15.9. The van der Waals surface area contributed by atoms with Gasteiger partial charge in [0, 0.05) is 18.3 Å². The van der Waals surface area contributed by atoms with E-state index in [1.807, 2.05) is 18.2 Å². The van der Waals surface area contributed by atoms with Gasteiger partial charge >= 0.3 is 0 Å². The summed E-state index contributed by atoms with van der Waals surface area (Å²) in [7, 11) is 0. The van der Waals surface area contributed by atoms with Crippen LogP contribution in [0.4, 0.5) is 5.69 Å². The lowest BCUT2D eigenvalue weighted by Crippen LogP contribution is -2.45. The second-order valence-electron chi connectivity index (χ2n) is 7.28. The molecule has 0 radical (unpaired) electrons. The molecular formula is C23H30N2O. The molecule has 3 rings (SSSR count). The van der Waals surface area contributed by atoms with Crippen LogP contribution in [0.25, 0.3) is 0 Å². The van der Waals surface area contributed by atoms with E-state index in [1.54, 1.807) is 0 Å². The third kappa shape index (κ3) is 4.46. The first-order valence-corrected chi connectivity index (χ1v) is 9.87. The van der Waals surface area contributed by atoms with Crippen molar-refractivity contribution in [3.05, 3.63) is 65.7 Å². The molecule has 1 atom stereocenters. The van der Waals surface area contributed by atoms with E-state index in [0.29, 0.717) is 6.04 Å². The predicted octanol–water partition coefficient (Wildman–Crippen LogP) is 5.01. The van der Waals surface area contributed by atoms with E-state index in [4.69, 9.17) is 0 Å². The quantitative estimate of drug-likeness (QED) is 0.794. The Balaban J connectivity index is 1.90. The summed E-state index contributed by atoms with van der Waals surface area (Å²) in [6, 6.07) is 18.6. The van der Waals surface area contributed by atoms with Crippen LogP contribution in [0.1, 0.15) is 56.2 Å². The molecule has 0 unspecified atom stereocenters. The fourth-order valence-corrected chi connectivity index (χ4v) is 3.96. The number of nitrogens with one attached hydrogen (secondary N) is 1. The van der Waals surface area contributed by atoms with E-state index in [9.17, 15) is 4.79 Å².